The highest BCUT2D eigenvalue weighted by Crippen LogP contribution is 2.51. The SMILES string of the molecule is CCCC1(CN2CC(C)NCC2c2ccccc2)CC1. The molecule has 110 valence electrons. The Labute approximate surface area is 123 Å². The van der Waals surface area contributed by atoms with Gasteiger partial charge in [-0.2, -0.15) is 0 Å². The Hall–Kier alpha value is -0.860. The molecule has 1 aromatic carbocycles. The van der Waals surface area contributed by atoms with Crippen LogP contribution in [0.5, 0.6) is 0 Å². The first-order chi connectivity index (χ1) is 9.72. The third-order valence-electron chi connectivity index (χ3n) is 5.07. The van der Waals surface area contributed by atoms with Crippen LogP contribution >= 0.6 is 0 Å². The second-order valence-electron chi connectivity index (χ2n) is 6.92. The Morgan fingerprint density at radius 2 is 2.00 bits per heavy atom. The molecular formula is C18H28N2. The molecule has 1 heterocycles. The third kappa shape index (κ3) is 3.07. The lowest BCUT2D eigenvalue weighted by Gasteiger charge is -2.41. The number of nitrogens with one attached hydrogen (secondary N) is 1. The van der Waals surface area contributed by atoms with Crippen molar-refractivity contribution in [3.63, 3.8) is 0 Å². The monoisotopic (exact) mass is 272 g/mol. The minimum absolute atomic E-state index is 0.557. The van der Waals surface area contributed by atoms with Crippen LogP contribution in [0.25, 0.3) is 0 Å². The molecule has 0 radical (unpaired) electrons. The van der Waals surface area contributed by atoms with E-state index < -0.39 is 0 Å². The summed E-state index contributed by atoms with van der Waals surface area (Å²) in [6.07, 6.45) is 5.63. The number of rotatable bonds is 5. The van der Waals surface area contributed by atoms with E-state index in [4.69, 9.17) is 0 Å². The zero-order valence-corrected chi connectivity index (χ0v) is 12.9. The van der Waals surface area contributed by atoms with Crippen LogP contribution in [-0.2, 0) is 0 Å². The van der Waals surface area contributed by atoms with Crippen LogP contribution in [0.3, 0.4) is 0 Å². The third-order valence-corrected chi connectivity index (χ3v) is 5.07. The number of nitrogens with zero attached hydrogens (tertiary/aromatic N) is 1. The Morgan fingerprint density at radius 1 is 1.25 bits per heavy atom. The number of piperazine rings is 1. The van der Waals surface area contributed by atoms with Crippen molar-refractivity contribution in [2.45, 2.75) is 51.6 Å². The molecule has 0 amide bonds. The fourth-order valence-corrected chi connectivity index (χ4v) is 3.79. The molecule has 2 heteroatoms. The topological polar surface area (TPSA) is 15.3 Å². The van der Waals surface area contributed by atoms with Crippen molar-refractivity contribution >= 4 is 0 Å². The summed E-state index contributed by atoms with van der Waals surface area (Å²) in [6.45, 7) is 8.22. The molecule has 0 spiro atoms. The van der Waals surface area contributed by atoms with Gasteiger partial charge >= 0.3 is 0 Å². The second kappa shape index (κ2) is 5.87. The van der Waals surface area contributed by atoms with E-state index in [1.165, 1.54) is 44.3 Å². The lowest BCUT2D eigenvalue weighted by Crippen LogP contribution is -2.52. The Kier molecular flexibility index (Phi) is 4.13. The molecule has 0 bridgehead atoms. The largest absolute Gasteiger partial charge is 0.311 e. The average molecular weight is 272 g/mol. The molecule has 0 aromatic heterocycles. The number of benzene rings is 1. The van der Waals surface area contributed by atoms with Gasteiger partial charge in [0.25, 0.3) is 0 Å². The summed E-state index contributed by atoms with van der Waals surface area (Å²) < 4.78 is 0. The predicted octanol–water partition coefficient (Wildman–Crippen LogP) is 3.60. The summed E-state index contributed by atoms with van der Waals surface area (Å²) in [7, 11) is 0. The van der Waals surface area contributed by atoms with E-state index in [2.05, 4.69) is 54.4 Å². The first-order valence-corrected chi connectivity index (χ1v) is 8.25. The van der Waals surface area contributed by atoms with Gasteiger partial charge < -0.3 is 5.32 Å². The maximum atomic E-state index is 3.66. The van der Waals surface area contributed by atoms with E-state index in [1.54, 1.807) is 0 Å². The number of hydrogen-bond acceptors (Lipinski definition) is 2. The van der Waals surface area contributed by atoms with Crippen molar-refractivity contribution in [2.24, 2.45) is 5.41 Å². The normalized spacial score (nSPS) is 29.3. The molecule has 2 unspecified atom stereocenters. The summed E-state index contributed by atoms with van der Waals surface area (Å²) in [5, 5.41) is 3.66. The first-order valence-electron chi connectivity index (χ1n) is 8.25. The van der Waals surface area contributed by atoms with Gasteiger partial charge in [-0.25, -0.2) is 0 Å². The van der Waals surface area contributed by atoms with Gasteiger partial charge in [-0.3, -0.25) is 4.90 Å². The zero-order valence-electron chi connectivity index (χ0n) is 12.9. The first kappa shape index (κ1) is 14.1. The Balaban J connectivity index is 1.74. The minimum Gasteiger partial charge on any atom is -0.311 e. The molecule has 3 rings (SSSR count). The summed E-state index contributed by atoms with van der Waals surface area (Å²) >= 11 is 0. The highest BCUT2D eigenvalue weighted by Gasteiger charge is 2.44. The maximum absolute atomic E-state index is 3.66. The molecule has 2 nitrogen and oxygen atoms in total. The van der Waals surface area contributed by atoms with Crippen LogP contribution in [0, 0.1) is 5.41 Å². The van der Waals surface area contributed by atoms with E-state index in [0.29, 0.717) is 17.5 Å². The van der Waals surface area contributed by atoms with Crippen molar-refractivity contribution in [1.29, 1.82) is 0 Å². The second-order valence-corrected chi connectivity index (χ2v) is 6.92. The van der Waals surface area contributed by atoms with E-state index >= 15 is 0 Å². The lowest BCUT2D eigenvalue weighted by molar-refractivity contribution is 0.105. The predicted molar refractivity (Wildman–Crippen MR) is 84.8 cm³/mol. The van der Waals surface area contributed by atoms with Crippen LogP contribution in [0.2, 0.25) is 0 Å². The van der Waals surface area contributed by atoms with Gasteiger partial charge in [-0.1, -0.05) is 43.7 Å². The molecule has 2 atom stereocenters. The smallest absolute Gasteiger partial charge is 0.0473 e. The lowest BCUT2D eigenvalue weighted by atomic mass is 9.95. The summed E-state index contributed by atoms with van der Waals surface area (Å²) in [4.78, 5) is 2.75. The van der Waals surface area contributed by atoms with Gasteiger partial charge in [-0.05, 0) is 37.2 Å². The molecule has 1 saturated carbocycles. The van der Waals surface area contributed by atoms with E-state index in [1.807, 2.05) is 0 Å². The molecule has 1 aromatic rings. The van der Waals surface area contributed by atoms with E-state index in [-0.39, 0.29) is 0 Å². The van der Waals surface area contributed by atoms with Crippen molar-refractivity contribution in [2.75, 3.05) is 19.6 Å². The highest BCUT2D eigenvalue weighted by atomic mass is 15.2. The van der Waals surface area contributed by atoms with Crippen molar-refractivity contribution < 1.29 is 0 Å². The fraction of sp³-hybridized carbons (Fsp3) is 0.667. The molecule has 1 aliphatic carbocycles. The van der Waals surface area contributed by atoms with Gasteiger partial charge in [0.05, 0.1) is 0 Å². The molecule has 2 fully saturated rings. The van der Waals surface area contributed by atoms with Crippen LogP contribution in [0.1, 0.15) is 51.1 Å². The Bertz CT molecular complexity index is 424. The zero-order chi connectivity index (χ0) is 14.0. The van der Waals surface area contributed by atoms with Gasteiger partial charge in [0.2, 0.25) is 0 Å². The van der Waals surface area contributed by atoms with Gasteiger partial charge in [0, 0.05) is 31.7 Å². The van der Waals surface area contributed by atoms with Gasteiger partial charge in [-0.15, -0.1) is 0 Å². The Morgan fingerprint density at radius 3 is 2.65 bits per heavy atom. The highest BCUT2D eigenvalue weighted by molar-refractivity contribution is 5.20. The summed E-state index contributed by atoms with van der Waals surface area (Å²) in [6, 6.07) is 12.2. The van der Waals surface area contributed by atoms with Crippen LogP contribution in [0.4, 0.5) is 0 Å². The van der Waals surface area contributed by atoms with Crippen LogP contribution in [-0.4, -0.2) is 30.6 Å². The number of hydrogen-bond donors (Lipinski definition) is 1. The molecule has 1 saturated heterocycles. The van der Waals surface area contributed by atoms with Crippen molar-refractivity contribution in [3.05, 3.63) is 35.9 Å². The van der Waals surface area contributed by atoms with Gasteiger partial charge in [0.1, 0.15) is 0 Å². The summed E-state index contributed by atoms with van der Waals surface area (Å²) in [5.74, 6) is 0. The van der Waals surface area contributed by atoms with Crippen molar-refractivity contribution in [3.8, 4) is 0 Å². The van der Waals surface area contributed by atoms with Crippen LogP contribution < -0.4 is 5.32 Å². The van der Waals surface area contributed by atoms with E-state index in [9.17, 15) is 0 Å². The molecular weight excluding hydrogens is 244 g/mol. The molecule has 2 aliphatic rings. The minimum atomic E-state index is 0.557. The van der Waals surface area contributed by atoms with Gasteiger partial charge in [0.15, 0.2) is 0 Å². The van der Waals surface area contributed by atoms with Crippen molar-refractivity contribution in [1.82, 2.24) is 10.2 Å². The standard InChI is InChI=1S/C18H28N2/c1-3-9-18(10-11-18)14-20-13-15(2)19-12-17(20)16-7-5-4-6-8-16/h4-8,15,17,19H,3,9-14H2,1-2H3. The fourth-order valence-electron chi connectivity index (χ4n) is 3.79. The maximum Gasteiger partial charge on any atom is 0.0473 e. The average Bonchev–Trinajstić information content (AvgIpc) is 3.20. The summed E-state index contributed by atoms with van der Waals surface area (Å²) in [5.41, 5.74) is 2.12. The quantitative estimate of drug-likeness (QED) is 0.881. The molecule has 20 heavy (non-hydrogen) atoms. The molecule has 1 N–H and O–H groups in total. The molecule has 1 aliphatic heterocycles. The van der Waals surface area contributed by atoms with E-state index in [0.717, 1.165) is 6.54 Å². The van der Waals surface area contributed by atoms with Crippen LogP contribution in [0.15, 0.2) is 30.3 Å².